The van der Waals surface area contributed by atoms with E-state index >= 15 is 0 Å². The van der Waals surface area contributed by atoms with Crippen molar-refractivity contribution in [3.63, 3.8) is 0 Å². The van der Waals surface area contributed by atoms with E-state index < -0.39 is 0 Å². The van der Waals surface area contributed by atoms with Gasteiger partial charge in [-0.05, 0) is 0 Å². The van der Waals surface area contributed by atoms with Crippen LogP contribution >= 0.6 is 0 Å². The first-order valence-corrected chi connectivity index (χ1v) is 3.07. The Morgan fingerprint density at radius 2 is 2.40 bits per heavy atom. The first kappa shape index (κ1) is 5.46. The topological polar surface area (TPSA) is 49.4 Å². The Hall–Kier alpha value is -1.32. The largest absolute Gasteiger partial charge is 0.325 e. The maximum atomic E-state index is 10.8. The number of carbonyl (C=O) groups excluding carboxylic acids is 2. The first-order chi connectivity index (χ1) is 4.79. The highest BCUT2D eigenvalue weighted by atomic mass is 16.2. The van der Waals surface area contributed by atoms with Crippen LogP contribution in [0.2, 0.25) is 0 Å². The summed E-state index contributed by atoms with van der Waals surface area (Å²) < 4.78 is 0. The molecule has 1 N–H and O–H groups in total. The number of nitrogens with one attached hydrogen (secondary N) is 1. The van der Waals surface area contributed by atoms with Gasteiger partial charge in [-0.1, -0.05) is 12.2 Å². The summed E-state index contributed by atoms with van der Waals surface area (Å²) in [6.45, 7) is 0.558. The Morgan fingerprint density at radius 3 is 3.10 bits per heavy atom. The van der Waals surface area contributed by atoms with Crippen molar-refractivity contribution in [2.24, 2.45) is 0 Å². The molecule has 4 heteroatoms. The average Bonchev–Trinajstić information content (AvgIpc) is 2.39. The van der Waals surface area contributed by atoms with Crippen molar-refractivity contribution in [2.45, 2.75) is 6.04 Å². The minimum absolute atomic E-state index is 0.209. The van der Waals surface area contributed by atoms with Crippen molar-refractivity contribution in [1.82, 2.24) is 10.2 Å². The Labute approximate surface area is 57.5 Å². The van der Waals surface area contributed by atoms with Crippen LogP contribution in [0.1, 0.15) is 0 Å². The van der Waals surface area contributed by atoms with Crippen LogP contribution in [0.3, 0.4) is 0 Å². The Kier molecular flexibility index (Phi) is 0.869. The molecule has 0 bridgehead atoms. The summed E-state index contributed by atoms with van der Waals surface area (Å²) >= 11 is 0. The third-order valence-corrected chi connectivity index (χ3v) is 1.72. The van der Waals surface area contributed by atoms with E-state index in [1.54, 1.807) is 6.08 Å². The SMILES string of the molecule is O=C1NC(=O)N2CC=CC12. The monoisotopic (exact) mass is 138 g/mol. The second kappa shape index (κ2) is 1.59. The molecule has 0 aromatic heterocycles. The van der Waals surface area contributed by atoms with Crippen molar-refractivity contribution in [2.75, 3.05) is 6.54 Å². The van der Waals surface area contributed by atoms with Gasteiger partial charge >= 0.3 is 6.03 Å². The van der Waals surface area contributed by atoms with Crippen molar-refractivity contribution >= 4 is 11.9 Å². The molecule has 0 spiro atoms. The lowest BCUT2D eigenvalue weighted by Gasteiger charge is -2.09. The molecular weight excluding hydrogens is 132 g/mol. The minimum Gasteiger partial charge on any atom is -0.305 e. The van der Waals surface area contributed by atoms with Gasteiger partial charge in [-0.3, -0.25) is 10.1 Å². The first-order valence-electron chi connectivity index (χ1n) is 3.07. The summed E-state index contributed by atoms with van der Waals surface area (Å²) in [7, 11) is 0. The molecule has 4 nitrogen and oxygen atoms in total. The van der Waals surface area contributed by atoms with Gasteiger partial charge in [0.1, 0.15) is 6.04 Å². The van der Waals surface area contributed by atoms with Crippen LogP contribution in [-0.4, -0.2) is 29.4 Å². The van der Waals surface area contributed by atoms with E-state index in [1.165, 1.54) is 4.90 Å². The fourth-order valence-electron chi connectivity index (χ4n) is 1.21. The van der Waals surface area contributed by atoms with Crippen LogP contribution in [-0.2, 0) is 4.79 Å². The molecule has 1 saturated heterocycles. The summed E-state index contributed by atoms with van der Waals surface area (Å²) in [5, 5.41) is 2.22. The third kappa shape index (κ3) is 0.504. The van der Waals surface area contributed by atoms with E-state index in [1.807, 2.05) is 6.08 Å². The zero-order valence-electron chi connectivity index (χ0n) is 5.20. The highest BCUT2D eigenvalue weighted by Gasteiger charge is 2.38. The summed E-state index contributed by atoms with van der Waals surface area (Å²) in [5.74, 6) is -0.209. The number of imide groups is 1. The van der Waals surface area contributed by atoms with Gasteiger partial charge in [-0.25, -0.2) is 4.79 Å². The number of hydrogen-bond donors (Lipinski definition) is 1. The van der Waals surface area contributed by atoms with Crippen LogP contribution in [0.15, 0.2) is 12.2 Å². The molecule has 0 radical (unpaired) electrons. The molecule has 2 aliphatic rings. The molecule has 3 amide bonds. The van der Waals surface area contributed by atoms with Gasteiger partial charge in [0, 0.05) is 6.54 Å². The number of amides is 3. The fourth-order valence-corrected chi connectivity index (χ4v) is 1.21. The number of hydrogen-bond acceptors (Lipinski definition) is 2. The van der Waals surface area contributed by atoms with Crippen LogP contribution in [0, 0.1) is 0 Å². The molecule has 0 aromatic rings. The highest BCUT2D eigenvalue weighted by molar-refractivity contribution is 6.05. The number of carbonyl (C=O) groups is 2. The molecule has 52 valence electrons. The van der Waals surface area contributed by atoms with E-state index in [0.29, 0.717) is 6.54 Å². The second-order valence-electron chi connectivity index (χ2n) is 2.32. The van der Waals surface area contributed by atoms with Crippen molar-refractivity contribution < 1.29 is 9.59 Å². The summed E-state index contributed by atoms with van der Waals surface area (Å²) in [6.07, 6.45) is 3.56. The lowest BCUT2D eigenvalue weighted by molar-refractivity contribution is -0.120. The molecule has 1 atom stereocenters. The highest BCUT2D eigenvalue weighted by Crippen LogP contribution is 2.14. The zero-order valence-corrected chi connectivity index (χ0v) is 5.20. The molecule has 2 heterocycles. The third-order valence-electron chi connectivity index (χ3n) is 1.72. The van der Waals surface area contributed by atoms with E-state index in [0.717, 1.165) is 0 Å². The molecule has 1 fully saturated rings. The maximum absolute atomic E-state index is 10.8. The quantitative estimate of drug-likeness (QED) is 0.361. The summed E-state index contributed by atoms with van der Waals surface area (Å²) in [6, 6.07) is -0.604. The van der Waals surface area contributed by atoms with E-state index in [9.17, 15) is 9.59 Å². The molecular formula is C6H6N2O2. The van der Waals surface area contributed by atoms with Gasteiger partial charge in [0.05, 0.1) is 0 Å². The molecule has 1 unspecified atom stereocenters. The molecule has 0 aliphatic carbocycles. The minimum atomic E-state index is -0.326. The van der Waals surface area contributed by atoms with E-state index in [2.05, 4.69) is 5.32 Å². The molecule has 0 saturated carbocycles. The van der Waals surface area contributed by atoms with Gasteiger partial charge in [0.25, 0.3) is 5.91 Å². The lowest BCUT2D eigenvalue weighted by atomic mass is 10.3. The Balaban J connectivity index is 2.33. The maximum Gasteiger partial charge on any atom is 0.325 e. The van der Waals surface area contributed by atoms with Crippen LogP contribution < -0.4 is 5.32 Å². The smallest absolute Gasteiger partial charge is 0.305 e. The van der Waals surface area contributed by atoms with Crippen LogP contribution in [0.5, 0.6) is 0 Å². The van der Waals surface area contributed by atoms with Gasteiger partial charge in [0.15, 0.2) is 0 Å². The molecule has 2 rings (SSSR count). The van der Waals surface area contributed by atoms with E-state index in [-0.39, 0.29) is 18.0 Å². The molecule has 0 aromatic carbocycles. The number of nitrogens with zero attached hydrogens (tertiary/aromatic N) is 1. The zero-order chi connectivity index (χ0) is 7.14. The van der Waals surface area contributed by atoms with Crippen molar-refractivity contribution in [3.8, 4) is 0 Å². The van der Waals surface area contributed by atoms with Crippen LogP contribution in [0.4, 0.5) is 4.79 Å². The van der Waals surface area contributed by atoms with E-state index in [4.69, 9.17) is 0 Å². The molecule has 10 heavy (non-hydrogen) atoms. The predicted octanol–water partition coefficient (Wildman–Crippen LogP) is -0.523. The Bertz CT molecular complexity index is 234. The van der Waals surface area contributed by atoms with Gasteiger partial charge in [-0.2, -0.15) is 0 Å². The van der Waals surface area contributed by atoms with Gasteiger partial charge in [0.2, 0.25) is 0 Å². The molecule has 2 aliphatic heterocycles. The number of urea groups is 1. The van der Waals surface area contributed by atoms with Crippen molar-refractivity contribution in [3.05, 3.63) is 12.2 Å². The number of rotatable bonds is 0. The summed E-state index contributed by atoms with van der Waals surface area (Å²) in [4.78, 5) is 23.1. The average molecular weight is 138 g/mol. The van der Waals surface area contributed by atoms with Crippen LogP contribution in [0.25, 0.3) is 0 Å². The fraction of sp³-hybridized carbons (Fsp3) is 0.333. The standard InChI is InChI=1S/C6H6N2O2/c9-5-4-2-1-3-8(4)6(10)7-5/h1-2,4H,3H2,(H,7,9,10). The number of fused-ring (bicyclic) bond motifs is 1. The lowest BCUT2D eigenvalue weighted by Crippen LogP contribution is -2.29. The normalized spacial score (nSPS) is 29.2. The van der Waals surface area contributed by atoms with Gasteiger partial charge < -0.3 is 4.90 Å². The van der Waals surface area contributed by atoms with Crippen molar-refractivity contribution in [1.29, 1.82) is 0 Å². The summed E-state index contributed by atoms with van der Waals surface area (Å²) in [5.41, 5.74) is 0. The Morgan fingerprint density at radius 1 is 1.60 bits per heavy atom. The predicted molar refractivity (Wildman–Crippen MR) is 33.2 cm³/mol. The second-order valence-corrected chi connectivity index (χ2v) is 2.32. The van der Waals surface area contributed by atoms with Gasteiger partial charge in [-0.15, -0.1) is 0 Å².